The topological polar surface area (TPSA) is 84.7 Å². The van der Waals surface area contributed by atoms with Crippen molar-refractivity contribution in [2.75, 3.05) is 18.4 Å². The highest BCUT2D eigenvalue weighted by Gasteiger charge is 2.08. The van der Waals surface area contributed by atoms with Crippen LogP contribution in [0.2, 0.25) is 0 Å². The van der Waals surface area contributed by atoms with Crippen LogP contribution in [0.3, 0.4) is 0 Å². The summed E-state index contributed by atoms with van der Waals surface area (Å²) in [7, 11) is 0. The van der Waals surface area contributed by atoms with Gasteiger partial charge in [-0.05, 0) is 26.3 Å². The van der Waals surface area contributed by atoms with Gasteiger partial charge in [-0.25, -0.2) is 15.0 Å². The number of benzene rings is 1. The molecule has 0 aliphatic heterocycles. The fraction of sp³-hybridized carbons (Fsp3) is 0.300. The average molecular weight is 364 g/mol. The Morgan fingerprint density at radius 3 is 2.56 bits per heavy atom. The Morgan fingerprint density at radius 1 is 1.07 bits per heavy atom. The summed E-state index contributed by atoms with van der Waals surface area (Å²) in [5.41, 5.74) is 3.03. The lowest BCUT2D eigenvalue weighted by molar-refractivity contribution is -0.120. The van der Waals surface area contributed by atoms with Gasteiger partial charge in [0.25, 0.3) is 0 Å². The maximum Gasteiger partial charge on any atom is 0.224 e. The second-order valence-electron chi connectivity index (χ2n) is 6.38. The van der Waals surface area contributed by atoms with Crippen LogP contribution in [-0.2, 0) is 11.2 Å². The third-order valence-corrected chi connectivity index (χ3v) is 4.28. The molecule has 2 aromatic heterocycles. The summed E-state index contributed by atoms with van der Waals surface area (Å²) in [6, 6.07) is 11.6. The second kappa shape index (κ2) is 8.44. The number of aromatic nitrogens is 4. The van der Waals surface area contributed by atoms with Crippen molar-refractivity contribution in [1.82, 2.24) is 24.8 Å². The van der Waals surface area contributed by atoms with E-state index in [9.17, 15) is 4.79 Å². The van der Waals surface area contributed by atoms with Crippen molar-refractivity contribution in [3.63, 3.8) is 0 Å². The van der Waals surface area contributed by atoms with Crippen LogP contribution in [-0.4, -0.2) is 38.5 Å². The molecule has 3 rings (SSSR count). The van der Waals surface area contributed by atoms with Gasteiger partial charge in [-0.2, -0.15) is 0 Å². The zero-order chi connectivity index (χ0) is 19.2. The predicted molar refractivity (Wildman–Crippen MR) is 105 cm³/mol. The van der Waals surface area contributed by atoms with Crippen LogP contribution >= 0.6 is 0 Å². The lowest BCUT2D eigenvalue weighted by Gasteiger charge is -2.11. The average Bonchev–Trinajstić information content (AvgIpc) is 2.98. The number of aryl methyl sites for hydroxylation is 2. The van der Waals surface area contributed by atoms with E-state index in [0.717, 1.165) is 28.6 Å². The van der Waals surface area contributed by atoms with Crippen LogP contribution in [0.1, 0.15) is 22.8 Å². The summed E-state index contributed by atoms with van der Waals surface area (Å²) in [6.07, 6.45) is 2.15. The number of carbonyl (C=O) groups excluding carboxylic acids is 1. The first-order chi connectivity index (χ1) is 13.0. The van der Waals surface area contributed by atoms with Gasteiger partial charge in [-0.15, -0.1) is 0 Å². The van der Waals surface area contributed by atoms with E-state index >= 15 is 0 Å². The Morgan fingerprint density at radius 2 is 1.85 bits per heavy atom. The maximum absolute atomic E-state index is 12.0. The quantitative estimate of drug-likeness (QED) is 0.629. The Labute approximate surface area is 158 Å². The van der Waals surface area contributed by atoms with Gasteiger partial charge in [0.15, 0.2) is 0 Å². The lowest BCUT2D eigenvalue weighted by atomic mass is 10.1. The molecule has 0 saturated carbocycles. The molecular weight excluding hydrogens is 340 g/mol. The molecule has 140 valence electrons. The molecule has 0 radical (unpaired) electrons. The van der Waals surface area contributed by atoms with Crippen LogP contribution in [0.5, 0.6) is 0 Å². The van der Waals surface area contributed by atoms with Crippen molar-refractivity contribution in [3.8, 4) is 5.82 Å². The molecule has 2 heterocycles. The Hall–Kier alpha value is -3.22. The number of anilines is 1. The SMILES string of the molecule is Cc1nc(NCCNC(=O)Cc2ccccc2)cc(-n2cnc(C)c2C)n1. The molecular formula is C20H24N6O. The number of imidazole rings is 1. The molecule has 0 bridgehead atoms. The van der Waals surface area contributed by atoms with Gasteiger partial charge < -0.3 is 10.6 Å². The van der Waals surface area contributed by atoms with Gasteiger partial charge in [0.1, 0.15) is 23.8 Å². The number of amides is 1. The molecule has 7 heteroatoms. The minimum absolute atomic E-state index is 0.00655. The van der Waals surface area contributed by atoms with Crippen LogP contribution in [0, 0.1) is 20.8 Å². The normalized spacial score (nSPS) is 10.6. The highest BCUT2D eigenvalue weighted by Crippen LogP contribution is 2.15. The molecule has 2 N–H and O–H groups in total. The van der Waals surface area contributed by atoms with Gasteiger partial charge in [0, 0.05) is 24.8 Å². The summed E-state index contributed by atoms with van der Waals surface area (Å²) in [6.45, 7) is 6.94. The fourth-order valence-corrected chi connectivity index (χ4v) is 2.73. The summed E-state index contributed by atoms with van der Waals surface area (Å²) >= 11 is 0. The molecule has 27 heavy (non-hydrogen) atoms. The van der Waals surface area contributed by atoms with Crippen LogP contribution in [0.4, 0.5) is 5.82 Å². The summed E-state index contributed by atoms with van der Waals surface area (Å²) < 4.78 is 1.94. The molecule has 7 nitrogen and oxygen atoms in total. The Balaban J connectivity index is 1.54. The van der Waals surface area contributed by atoms with Crippen LogP contribution in [0.25, 0.3) is 5.82 Å². The number of carbonyl (C=O) groups is 1. The summed E-state index contributed by atoms with van der Waals surface area (Å²) in [5.74, 6) is 2.18. The number of hydrogen-bond acceptors (Lipinski definition) is 5. The van der Waals surface area contributed by atoms with E-state index in [2.05, 4.69) is 25.6 Å². The lowest BCUT2D eigenvalue weighted by Crippen LogP contribution is -2.30. The van der Waals surface area contributed by atoms with Gasteiger partial charge in [0.2, 0.25) is 5.91 Å². The van der Waals surface area contributed by atoms with Crippen molar-refractivity contribution in [3.05, 3.63) is 65.5 Å². The molecule has 0 spiro atoms. The highest BCUT2D eigenvalue weighted by atomic mass is 16.1. The van der Waals surface area contributed by atoms with Gasteiger partial charge in [-0.1, -0.05) is 30.3 Å². The van der Waals surface area contributed by atoms with Crippen molar-refractivity contribution < 1.29 is 4.79 Å². The molecule has 0 saturated heterocycles. The van der Waals surface area contributed by atoms with E-state index in [0.29, 0.717) is 25.3 Å². The number of rotatable bonds is 7. The molecule has 0 atom stereocenters. The number of nitrogens with zero attached hydrogens (tertiary/aromatic N) is 4. The first-order valence-corrected chi connectivity index (χ1v) is 8.94. The molecule has 3 aromatic rings. The van der Waals surface area contributed by atoms with E-state index in [4.69, 9.17) is 0 Å². The van der Waals surface area contributed by atoms with Crippen LogP contribution in [0.15, 0.2) is 42.7 Å². The van der Waals surface area contributed by atoms with E-state index in [1.807, 2.05) is 61.7 Å². The van der Waals surface area contributed by atoms with Gasteiger partial charge >= 0.3 is 0 Å². The van der Waals surface area contributed by atoms with Crippen molar-refractivity contribution in [2.24, 2.45) is 0 Å². The Bertz CT molecular complexity index is 919. The first-order valence-electron chi connectivity index (χ1n) is 8.94. The molecule has 1 amide bonds. The van der Waals surface area contributed by atoms with Crippen LogP contribution < -0.4 is 10.6 Å². The van der Waals surface area contributed by atoms with E-state index in [1.165, 1.54) is 0 Å². The van der Waals surface area contributed by atoms with Gasteiger partial charge in [-0.3, -0.25) is 9.36 Å². The van der Waals surface area contributed by atoms with Crippen molar-refractivity contribution in [2.45, 2.75) is 27.2 Å². The third-order valence-electron chi connectivity index (χ3n) is 4.28. The van der Waals surface area contributed by atoms with E-state index < -0.39 is 0 Å². The van der Waals surface area contributed by atoms with Crippen molar-refractivity contribution in [1.29, 1.82) is 0 Å². The number of nitrogens with one attached hydrogen (secondary N) is 2. The fourth-order valence-electron chi connectivity index (χ4n) is 2.73. The van der Waals surface area contributed by atoms with Crippen molar-refractivity contribution >= 4 is 11.7 Å². The van der Waals surface area contributed by atoms with E-state index in [1.54, 1.807) is 6.33 Å². The summed E-state index contributed by atoms with van der Waals surface area (Å²) in [5, 5.41) is 6.16. The Kier molecular flexibility index (Phi) is 5.80. The minimum atomic E-state index is 0.00655. The molecule has 0 aliphatic rings. The monoisotopic (exact) mass is 364 g/mol. The second-order valence-corrected chi connectivity index (χ2v) is 6.38. The summed E-state index contributed by atoms with van der Waals surface area (Å²) in [4.78, 5) is 25.2. The third kappa shape index (κ3) is 4.91. The smallest absolute Gasteiger partial charge is 0.224 e. The standard InChI is InChI=1S/C20H24N6O/c1-14-15(2)26(13-23-14)19-12-18(24-16(3)25-19)21-9-10-22-20(27)11-17-7-5-4-6-8-17/h4-8,12-13H,9-11H2,1-3H3,(H,22,27)(H,21,24,25). The predicted octanol–water partition coefficient (Wildman–Crippen LogP) is 2.36. The maximum atomic E-state index is 12.0. The number of hydrogen-bond donors (Lipinski definition) is 2. The zero-order valence-electron chi connectivity index (χ0n) is 15.9. The largest absolute Gasteiger partial charge is 0.368 e. The zero-order valence-corrected chi connectivity index (χ0v) is 15.9. The van der Waals surface area contributed by atoms with E-state index in [-0.39, 0.29) is 5.91 Å². The minimum Gasteiger partial charge on any atom is -0.368 e. The highest BCUT2D eigenvalue weighted by molar-refractivity contribution is 5.78. The molecule has 1 aromatic carbocycles. The molecule has 0 unspecified atom stereocenters. The molecule has 0 fully saturated rings. The molecule has 0 aliphatic carbocycles. The first kappa shape index (κ1) is 18.6. The van der Waals surface area contributed by atoms with Gasteiger partial charge in [0.05, 0.1) is 12.1 Å².